The molecule has 0 radical (unpaired) electrons. The zero-order valence-electron chi connectivity index (χ0n) is 15.9. The number of hydrogen-bond acceptors (Lipinski definition) is 5. The van der Waals surface area contributed by atoms with Gasteiger partial charge in [0.25, 0.3) is 5.91 Å². The Kier molecular flexibility index (Phi) is 5.64. The van der Waals surface area contributed by atoms with E-state index < -0.39 is 0 Å². The maximum atomic E-state index is 12.8. The summed E-state index contributed by atoms with van der Waals surface area (Å²) in [5.41, 5.74) is 2.04. The van der Waals surface area contributed by atoms with Crippen LogP contribution in [0.2, 0.25) is 5.02 Å². The van der Waals surface area contributed by atoms with Gasteiger partial charge in [-0.15, -0.1) is 0 Å². The summed E-state index contributed by atoms with van der Waals surface area (Å²) >= 11 is 5.91. The largest absolute Gasteiger partial charge is 0.335 e. The smallest absolute Gasteiger partial charge is 0.271 e. The molecule has 1 aromatic carbocycles. The molecule has 29 heavy (non-hydrogen) atoms. The highest BCUT2D eigenvalue weighted by Gasteiger charge is 2.30. The number of benzene rings is 1. The number of imide groups is 1. The lowest BCUT2D eigenvalue weighted by atomic mass is 10.1. The van der Waals surface area contributed by atoms with Crippen LogP contribution in [0.25, 0.3) is 11.3 Å². The van der Waals surface area contributed by atoms with Gasteiger partial charge in [0.1, 0.15) is 5.69 Å². The van der Waals surface area contributed by atoms with Crippen LogP contribution in [-0.4, -0.2) is 81.9 Å². The van der Waals surface area contributed by atoms with E-state index >= 15 is 0 Å². The van der Waals surface area contributed by atoms with Crippen molar-refractivity contribution in [1.82, 2.24) is 24.9 Å². The van der Waals surface area contributed by atoms with Crippen molar-refractivity contribution in [3.63, 3.8) is 0 Å². The third-order valence-corrected chi connectivity index (χ3v) is 5.65. The van der Waals surface area contributed by atoms with Gasteiger partial charge in [-0.3, -0.25) is 29.3 Å². The zero-order chi connectivity index (χ0) is 20.4. The van der Waals surface area contributed by atoms with Crippen molar-refractivity contribution in [2.45, 2.75) is 12.8 Å². The molecule has 0 atom stereocenters. The zero-order valence-corrected chi connectivity index (χ0v) is 16.7. The first-order valence-corrected chi connectivity index (χ1v) is 10.1. The monoisotopic (exact) mass is 415 g/mol. The number of halogens is 1. The molecule has 2 aliphatic heterocycles. The molecule has 1 aromatic heterocycles. The van der Waals surface area contributed by atoms with Gasteiger partial charge < -0.3 is 4.90 Å². The lowest BCUT2D eigenvalue weighted by molar-refractivity contribution is -0.138. The van der Waals surface area contributed by atoms with E-state index in [0.29, 0.717) is 68.5 Å². The number of likely N-dealkylation sites (tertiary alicyclic amines) is 1. The second-order valence-corrected chi connectivity index (χ2v) is 7.68. The van der Waals surface area contributed by atoms with Crippen molar-refractivity contribution in [1.29, 1.82) is 0 Å². The summed E-state index contributed by atoms with van der Waals surface area (Å²) in [5, 5.41) is 7.72. The number of carbonyl (C=O) groups excluding carboxylic acids is 3. The topological polar surface area (TPSA) is 89.6 Å². The first-order valence-electron chi connectivity index (χ1n) is 9.67. The van der Waals surface area contributed by atoms with E-state index in [-0.39, 0.29) is 17.7 Å². The van der Waals surface area contributed by atoms with Crippen molar-refractivity contribution in [2.24, 2.45) is 0 Å². The molecule has 8 nitrogen and oxygen atoms in total. The van der Waals surface area contributed by atoms with E-state index in [1.54, 1.807) is 23.1 Å². The maximum absolute atomic E-state index is 12.8. The van der Waals surface area contributed by atoms with Crippen molar-refractivity contribution < 1.29 is 14.4 Å². The molecule has 4 rings (SSSR count). The highest BCUT2D eigenvalue weighted by molar-refractivity contribution is 6.30. The number of aromatic amines is 1. The summed E-state index contributed by atoms with van der Waals surface area (Å²) in [6.07, 6.45) is 0.645. The summed E-state index contributed by atoms with van der Waals surface area (Å²) in [4.78, 5) is 41.5. The first kappa shape index (κ1) is 19.6. The predicted molar refractivity (Wildman–Crippen MR) is 107 cm³/mol. The minimum Gasteiger partial charge on any atom is -0.335 e. The highest BCUT2D eigenvalue weighted by atomic mass is 35.5. The molecule has 2 aromatic rings. The summed E-state index contributed by atoms with van der Waals surface area (Å²) in [5.74, 6) is -0.249. The van der Waals surface area contributed by atoms with Crippen LogP contribution in [0.4, 0.5) is 0 Å². The molecular weight excluding hydrogens is 394 g/mol. The fraction of sp³-hybridized carbons (Fsp3) is 0.400. The molecular formula is C20H22ClN5O3. The number of piperazine rings is 1. The lowest BCUT2D eigenvalue weighted by Gasteiger charge is -2.35. The van der Waals surface area contributed by atoms with Crippen LogP contribution in [-0.2, 0) is 9.59 Å². The van der Waals surface area contributed by atoms with Gasteiger partial charge in [-0.1, -0.05) is 23.7 Å². The molecule has 0 unspecified atom stereocenters. The molecule has 2 saturated heterocycles. The fourth-order valence-electron chi connectivity index (χ4n) is 3.66. The summed E-state index contributed by atoms with van der Waals surface area (Å²) in [7, 11) is 0. The van der Waals surface area contributed by atoms with Gasteiger partial charge in [-0.25, -0.2) is 0 Å². The third kappa shape index (κ3) is 4.33. The number of amides is 3. The number of carbonyl (C=O) groups is 3. The first-order chi connectivity index (χ1) is 14.0. The Balaban J connectivity index is 1.29. The van der Waals surface area contributed by atoms with Gasteiger partial charge in [0, 0.05) is 62.7 Å². The van der Waals surface area contributed by atoms with E-state index in [9.17, 15) is 14.4 Å². The molecule has 0 aliphatic carbocycles. The van der Waals surface area contributed by atoms with E-state index in [1.165, 1.54) is 4.90 Å². The van der Waals surface area contributed by atoms with Crippen LogP contribution >= 0.6 is 11.6 Å². The lowest BCUT2D eigenvalue weighted by Crippen LogP contribution is -2.50. The molecule has 0 saturated carbocycles. The van der Waals surface area contributed by atoms with E-state index in [0.717, 1.165) is 5.56 Å². The third-order valence-electron chi connectivity index (χ3n) is 5.40. The summed E-state index contributed by atoms with van der Waals surface area (Å²) in [6.45, 7) is 3.67. The minimum atomic E-state index is -0.0837. The van der Waals surface area contributed by atoms with E-state index in [2.05, 4.69) is 15.1 Å². The Hall–Kier alpha value is -2.71. The number of nitrogens with one attached hydrogen (secondary N) is 1. The SMILES string of the molecule is O=C(c1cc(-c2ccc(Cl)cc2)n[nH]1)N1CCN(CCN2C(=O)CCC2=O)CC1. The summed E-state index contributed by atoms with van der Waals surface area (Å²) in [6, 6.07) is 9.05. The van der Waals surface area contributed by atoms with Gasteiger partial charge in [0.2, 0.25) is 11.8 Å². The van der Waals surface area contributed by atoms with Crippen molar-refractivity contribution in [3.05, 3.63) is 41.0 Å². The number of H-pyrrole nitrogens is 1. The molecule has 9 heteroatoms. The number of aromatic nitrogens is 2. The molecule has 3 amide bonds. The second-order valence-electron chi connectivity index (χ2n) is 7.25. The van der Waals surface area contributed by atoms with Gasteiger partial charge in [0.15, 0.2) is 0 Å². The molecule has 0 spiro atoms. The Morgan fingerprint density at radius 3 is 2.31 bits per heavy atom. The van der Waals surface area contributed by atoms with Gasteiger partial charge in [-0.2, -0.15) is 5.10 Å². The van der Waals surface area contributed by atoms with Gasteiger partial charge >= 0.3 is 0 Å². The number of nitrogens with zero attached hydrogens (tertiary/aromatic N) is 4. The Bertz CT molecular complexity index is 902. The normalized spacial score (nSPS) is 18.0. The van der Waals surface area contributed by atoms with Crippen LogP contribution < -0.4 is 0 Å². The predicted octanol–water partition coefficient (Wildman–Crippen LogP) is 1.64. The number of hydrogen-bond donors (Lipinski definition) is 1. The molecule has 152 valence electrons. The van der Waals surface area contributed by atoms with Gasteiger partial charge in [-0.05, 0) is 18.2 Å². The van der Waals surface area contributed by atoms with Crippen molar-refractivity contribution in [3.8, 4) is 11.3 Å². The average molecular weight is 416 g/mol. The van der Waals surface area contributed by atoms with Crippen molar-refractivity contribution in [2.75, 3.05) is 39.3 Å². The van der Waals surface area contributed by atoms with E-state index in [4.69, 9.17) is 11.6 Å². The molecule has 0 bridgehead atoms. The number of rotatable bonds is 5. The average Bonchev–Trinajstić information content (AvgIpc) is 3.34. The maximum Gasteiger partial charge on any atom is 0.271 e. The molecule has 1 N–H and O–H groups in total. The van der Waals surface area contributed by atoms with Crippen LogP contribution in [0.3, 0.4) is 0 Å². The van der Waals surface area contributed by atoms with Crippen LogP contribution in [0, 0.1) is 0 Å². The van der Waals surface area contributed by atoms with Crippen molar-refractivity contribution >= 4 is 29.3 Å². The van der Waals surface area contributed by atoms with E-state index in [1.807, 2.05) is 12.1 Å². The molecule has 2 fully saturated rings. The quantitative estimate of drug-likeness (QED) is 0.750. The molecule has 2 aliphatic rings. The second kappa shape index (κ2) is 8.34. The standard InChI is InChI=1S/C20H22ClN5O3/c21-15-3-1-14(2-4-15)16-13-17(23-22-16)20(29)25-10-7-24(8-11-25)9-12-26-18(27)5-6-19(26)28/h1-4,13H,5-12H2,(H,22,23). The fourth-order valence-corrected chi connectivity index (χ4v) is 3.78. The van der Waals surface area contributed by atoms with Gasteiger partial charge in [0.05, 0.1) is 5.69 Å². The molecule has 3 heterocycles. The Labute approximate surface area is 173 Å². The Morgan fingerprint density at radius 2 is 1.66 bits per heavy atom. The summed E-state index contributed by atoms with van der Waals surface area (Å²) < 4.78 is 0. The van der Waals surface area contributed by atoms with Crippen LogP contribution in [0.5, 0.6) is 0 Å². The Morgan fingerprint density at radius 1 is 1.00 bits per heavy atom. The van der Waals surface area contributed by atoms with Crippen LogP contribution in [0.15, 0.2) is 30.3 Å². The van der Waals surface area contributed by atoms with Crippen LogP contribution in [0.1, 0.15) is 23.3 Å². The minimum absolute atomic E-state index is 0.0812. The highest BCUT2D eigenvalue weighted by Crippen LogP contribution is 2.21.